The van der Waals surface area contributed by atoms with Crippen LogP contribution < -0.4 is 10.1 Å². The lowest BCUT2D eigenvalue weighted by Gasteiger charge is -2.12. The maximum absolute atomic E-state index is 12.4. The number of fused-ring (bicyclic) bond motifs is 1. The number of halogens is 1. The number of aromatic nitrogens is 3. The van der Waals surface area contributed by atoms with Crippen molar-refractivity contribution in [3.63, 3.8) is 0 Å². The lowest BCUT2D eigenvalue weighted by molar-refractivity contribution is -0.118. The van der Waals surface area contributed by atoms with E-state index >= 15 is 0 Å². The first-order valence-electron chi connectivity index (χ1n) is 10.2. The van der Waals surface area contributed by atoms with Crippen molar-refractivity contribution in [3.8, 4) is 17.1 Å². The molecule has 7 heteroatoms. The van der Waals surface area contributed by atoms with Crippen LogP contribution in [0.1, 0.15) is 36.2 Å². The Kier molecular flexibility index (Phi) is 6.04. The molecule has 1 aliphatic rings. The third-order valence-electron chi connectivity index (χ3n) is 5.30. The molecule has 1 N–H and O–H groups in total. The van der Waals surface area contributed by atoms with Crippen LogP contribution in [0, 0.1) is 13.8 Å². The molecule has 6 nitrogen and oxygen atoms in total. The third kappa shape index (κ3) is 4.49. The number of carbonyl (C=O) groups excluding carboxylic acids is 1. The molecule has 0 radical (unpaired) electrons. The largest absolute Gasteiger partial charge is 0.483 e. The van der Waals surface area contributed by atoms with E-state index in [1.807, 2.05) is 38.1 Å². The first-order valence-corrected chi connectivity index (χ1v) is 10.6. The predicted molar refractivity (Wildman–Crippen MR) is 118 cm³/mol. The van der Waals surface area contributed by atoms with Crippen LogP contribution in [-0.2, 0) is 17.8 Å². The molecule has 30 heavy (non-hydrogen) atoms. The van der Waals surface area contributed by atoms with Crippen LogP contribution in [-0.4, -0.2) is 27.3 Å². The number of nitrogens with zero attached hydrogens (tertiary/aromatic N) is 3. The fourth-order valence-corrected chi connectivity index (χ4v) is 3.86. The first-order chi connectivity index (χ1) is 14.5. The average molecular weight is 425 g/mol. The molecule has 2 aromatic carbocycles. The predicted octanol–water partition coefficient (Wildman–Crippen LogP) is 4.96. The van der Waals surface area contributed by atoms with Gasteiger partial charge in [0, 0.05) is 24.2 Å². The van der Waals surface area contributed by atoms with Crippen LogP contribution in [0.25, 0.3) is 11.4 Å². The van der Waals surface area contributed by atoms with Gasteiger partial charge in [-0.25, -0.2) is 0 Å². The Morgan fingerprint density at radius 1 is 1.13 bits per heavy atom. The van der Waals surface area contributed by atoms with Crippen molar-refractivity contribution >= 4 is 23.2 Å². The minimum absolute atomic E-state index is 0.0669. The second-order valence-corrected chi connectivity index (χ2v) is 8.11. The van der Waals surface area contributed by atoms with Gasteiger partial charge >= 0.3 is 0 Å². The fraction of sp³-hybridized carbons (Fsp3) is 0.348. The summed E-state index contributed by atoms with van der Waals surface area (Å²) in [5.41, 5.74) is 3.50. The van der Waals surface area contributed by atoms with E-state index in [4.69, 9.17) is 16.3 Å². The molecule has 4 rings (SSSR count). The van der Waals surface area contributed by atoms with Crippen molar-refractivity contribution in [2.75, 3.05) is 11.9 Å². The molecule has 0 bridgehead atoms. The first kappa shape index (κ1) is 20.4. The van der Waals surface area contributed by atoms with E-state index in [2.05, 4.69) is 20.1 Å². The van der Waals surface area contributed by atoms with Crippen LogP contribution in [0.4, 0.5) is 5.69 Å². The summed E-state index contributed by atoms with van der Waals surface area (Å²) in [6.45, 7) is 4.77. The highest BCUT2D eigenvalue weighted by atomic mass is 35.5. The Morgan fingerprint density at radius 3 is 2.87 bits per heavy atom. The zero-order valence-electron chi connectivity index (χ0n) is 17.2. The van der Waals surface area contributed by atoms with E-state index in [0.29, 0.717) is 16.5 Å². The topological polar surface area (TPSA) is 69.0 Å². The van der Waals surface area contributed by atoms with Gasteiger partial charge in [0.1, 0.15) is 11.6 Å². The number of ether oxygens (including phenoxy) is 1. The van der Waals surface area contributed by atoms with Crippen molar-refractivity contribution in [1.29, 1.82) is 0 Å². The molecule has 0 saturated heterocycles. The molecule has 1 aromatic heterocycles. The maximum atomic E-state index is 12.4. The second-order valence-electron chi connectivity index (χ2n) is 7.70. The number of hydrogen-bond acceptors (Lipinski definition) is 4. The van der Waals surface area contributed by atoms with Gasteiger partial charge in [-0.2, -0.15) is 0 Å². The van der Waals surface area contributed by atoms with Crippen molar-refractivity contribution in [3.05, 3.63) is 58.4 Å². The number of amides is 1. The second kappa shape index (κ2) is 8.88. The maximum Gasteiger partial charge on any atom is 0.262 e. The number of hydrogen-bond donors (Lipinski definition) is 1. The molecule has 0 aliphatic carbocycles. The molecule has 156 valence electrons. The number of carbonyl (C=O) groups is 1. The average Bonchev–Trinajstić information content (AvgIpc) is 2.97. The number of anilines is 1. The lowest BCUT2D eigenvalue weighted by Crippen LogP contribution is -2.20. The van der Waals surface area contributed by atoms with Crippen molar-refractivity contribution in [1.82, 2.24) is 14.8 Å². The molecule has 0 spiro atoms. The van der Waals surface area contributed by atoms with Gasteiger partial charge < -0.3 is 14.6 Å². The Balaban J connectivity index is 1.49. The summed E-state index contributed by atoms with van der Waals surface area (Å²) in [7, 11) is 0. The fourth-order valence-electron chi connectivity index (χ4n) is 3.66. The van der Waals surface area contributed by atoms with Gasteiger partial charge in [0.25, 0.3) is 5.91 Å². The highest BCUT2D eigenvalue weighted by Crippen LogP contribution is 2.31. The summed E-state index contributed by atoms with van der Waals surface area (Å²) in [6.07, 6.45) is 4.34. The van der Waals surface area contributed by atoms with E-state index in [9.17, 15) is 4.79 Å². The molecule has 0 fully saturated rings. The van der Waals surface area contributed by atoms with Gasteiger partial charge in [-0.05, 0) is 62.1 Å². The summed E-state index contributed by atoms with van der Waals surface area (Å²) in [4.78, 5) is 12.4. The van der Waals surface area contributed by atoms with Gasteiger partial charge in [-0.1, -0.05) is 30.2 Å². The molecule has 2 heterocycles. The van der Waals surface area contributed by atoms with Gasteiger partial charge in [-0.3, -0.25) is 4.79 Å². The van der Waals surface area contributed by atoms with E-state index < -0.39 is 0 Å². The van der Waals surface area contributed by atoms with Crippen LogP contribution in [0.5, 0.6) is 5.75 Å². The molecule has 1 amide bonds. The zero-order chi connectivity index (χ0) is 21.1. The summed E-state index contributed by atoms with van der Waals surface area (Å²) in [5.74, 6) is 2.23. The van der Waals surface area contributed by atoms with Gasteiger partial charge in [0.15, 0.2) is 12.4 Å². The lowest BCUT2D eigenvalue weighted by atomic mass is 10.1. The Morgan fingerprint density at radius 2 is 2.00 bits per heavy atom. The van der Waals surface area contributed by atoms with Crippen molar-refractivity contribution in [2.45, 2.75) is 46.1 Å². The minimum atomic E-state index is -0.232. The molecular formula is C23H25ClN4O2. The third-order valence-corrected chi connectivity index (χ3v) is 5.63. The van der Waals surface area contributed by atoms with E-state index in [1.165, 1.54) is 6.42 Å². The molecule has 3 aromatic rings. The smallest absolute Gasteiger partial charge is 0.262 e. The van der Waals surface area contributed by atoms with Crippen molar-refractivity contribution < 1.29 is 9.53 Å². The van der Waals surface area contributed by atoms with E-state index in [0.717, 1.165) is 54.1 Å². The van der Waals surface area contributed by atoms with E-state index in [-0.39, 0.29) is 12.5 Å². The Labute approximate surface area is 181 Å². The molecule has 0 saturated carbocycles. The number of benzene rings is 2. The molecule has 1 aliphatic heterocycles. The van der Waals surface area contributed by atoms with Crippen LogP contribution in [0.2, 0.25) is 5.02 Å². The Hall–Kier alpha value is -2.86. The monoisotopic (exact) mass is 424 g/mol. The number of aryl methyl sites for hydroxylation is 3. The minimum Gasteiger partial charge on any atom is -0.483 e. The quantitative estimate of drug-likeness (QED) is 0.628. The zero-order valence-corrected chi connectivity index (χ0v) is 18.0. The Bertz CT molecular complexity index is 1080. The summed E-state index contributed by atoms with van der Waals surface area (Å²) < 4.78 is 7.84. The normalized spacial score (nSPS) is 13.4. The highest BCUT2D eigenvalue weighted by Gasteiger charge is 2.18. The molecular weight excluding hydrogens is 400 g/mol. The summed E-state index contributed by atoms with van der Waals surface area (Å²) in [5, 5.41) is 12.2. The number of nitrogens with one attached hydrogen (secondary N) is 1. The summed E-state index contributed by atoms with van der Waals surface area (Å²) >= 11 is 6.46. The summed E-state index contributed by atoms with van der Waals surface area (Å²) in [6, 6.07) is 11.3. The SMILES string of the molecule is Cc1ccc(C)c(OCC(=O)Nc2ccc(Cl)c(-c3nnc4n3CCCCC4)c2)c1. The van der Waals surface area contributed by atoms with Gasteiger partial charge in [0.2, 0.25) is 0 Å². The standard InChI is InChI=1S/C23H25ClN4O2/c1-15-7-8-16(2)20(12-15)30-14-22(29)25-17-9-10-19(24)18(13-17)23-27-26-21-6-4-3-5-11-28(21)23/h7-10,12-13H,3-6,11,14H2,1-2H3,(H,25,29). The van der Waals surface area contributed by atoms with Gasteiger partial charge in [-0.15, -0.1) is 10.2 Å². The molecule has 0 atom stereocenters. The van der Waals surface area contributed by atoms with Crippen LogP contribution >= 0.6 is 11.6 Å². The molecule has 0 unspecified atom stereocenters. The van der Waals surface area contributed by atoms with Crippen LogP contribution in [0.15, 0.2) is 36.4 Å². The van der Waals surface area contributed by atoms with Crippen molar-refractivity contribution in [2.24, 2.45) is 0 Å². The van der Waals surface area contributed by atoms with E-state index in [1.54, 1.807) is 12.1 Å². The van der Waals surface area contributed by atoms with Gasteiger partial charge in [0.05, 0.1) is 5.02 Å². The van der Waals surface area contributed by atoms with Crippen LogP contribution in [0.3, 0.4) is 0 Å². The highest BCUT2D eigenvalue weighted by molar-refractivity contribution is 6.33. The number of rotatable bonds is 5.